The Morgan fingerprint density at radius 1 is 1.14 bits per heavy atom. The Labute approximate surface area is 162 Å². The fourth-order valence-electron chi connectivity index (χ4n) is 4.14. The Morgan fingerprint density at radius 2 is 1.93 bits per heavy atom. The number of halogens is 2. The van der Waals surface area contributed by atoms with Crippen LogP contribution in [0.5, 0.6) is 5.88 Å². The van der Waals surface area contributed by atoms with Crippen molar-refractivity contribution in [2.24, 2.45) is 5.41 Å². The first kappa shape index (κ1) is 18.6. The molecule has 1 aromatic carbocycles. The zero-order valence-electron chi connectivity index (χ0n) is 15.7. The van der Waals surface area contributed by atoms with Crippen molar-refractivity contribution < 1.29 is 18.3 Å². The summed E-state index contributed by atoms with van der Waals surface area (Å²) in [5, 5.41) is 0. The van der Waals surface area contributed by atoms with E-state index < -0.39 is 11.6 Å². The Hall–Kier alpha value is -2.77. The van der Waals surface area contributed by atoms with Crippen molar-refractivity contribution >= 4 is 11.7 Å². The van der Waals surface area contributed by atoms with Crippen LogP contribution in [0.1, 0.15) is 24.8 Å². The summed E-state index contributed by atoms with van der Waals surface area (Å²) in [4.78, 5) is 24.8. The second-order valence-corrected chi connectivity index (χ2v) is 7.58. The number of methoxy groups -OCH3 is 1. The van der Waals surface area contributed by atoms with Crippen molar-refractivity contribution in [3.63, 3.8) is 0 Å². The van der Waals surface area contributed by atoms with Gasteiger partial charge in [-0.2, -0.15) is 0 Å². The van der Waals surface area contributed by atoms with Gasteiger partial charge < -0.3 is 14.5 Å². The molecule has 0 atom stereocenters. The molecule has 2 aliphatic rings. The predicted molar refractivity (Wildman–Crippen MR) is 98.9 cm³/mol. The fourth-order valence-corrected chi connectivity index (χ4v) is 4.14. The van der Waals surface area contributed by atoms with Crippen LogP contribution in [0.2, 0.25) is 0 Å². The highest BCUT2D eigenvalue weighted by Crippen LogP contribution is 2.42. The van der Waals surface area contributed by atoms with E-state index in [0.29, 0.717) is 31.0 Å². The number of carbonyl (C=O) groups excluding carboxylic acids is 1. The molecular weight excluding hydrogens is 366 g/mol. The van der Waals surface area contributed by atoms with Gasteiger partial charge in [-0.15, -0.1) is 0 Å². The molecule has 2 aliphatic heterocycles. The number of carbonyl (C=O) groups is 1. The number of rotatable bonds is 4. The average Bonchev–Trinajstić information content (AvgIpc) is 3.00. The minimum Gasteiger partial charge on any atom is -0.481 e. The highest BCUT2D eigenvalue weighted by Gasteiger charge is 2.45. The number of ether oxygens (including phenoxy) is 1. The van der Waals surface area contributed by atoms with Crippen molar-refractivity contribution in [2.75, 3.05) is 31.6 Å². The van der Waals surface area contributed by atoms with Crippen molar-refractivity contribution in [3.05, 3.63) is 47.8 Å². The van der Waals surface area contributed by atoms with Crippen LogP contribution < -0.4 is 9.64 Å². The quantitative estimate of drug-likeness (QED) is 0.806. The number of nitrogens with zero attached hydrogens (tertiary/aromatic N) is 4. The highest BCUT2D eigenvalue weighted by molar-refractivity contribution is 5.79. The summed E-state index contributed by atoms with van der Waals surface area (Å²) < 4.78 is 31.7. The van der Waals surface area contributed by atoms with Gasteiger partial charge in [-0.05, 0) is 30.5 Å². The van der Waals surface area contributed by atoms with Crippen LogP contribution in [0.15, 0.2) is 30.6 Å². The van der Waals surface area contributed by atoms with Gasteiger partial charge in [0.15, 0.2) is 11.6 Å². The van der Waals surface area contributed by atoms with Gasteiger partial charge in [-0.1, -0.05) is 6.07 Å². The average molecular weight is 388 g/mol. The van der Waals surface area contributed by atoms with Crippen LogP contribution in [0, 0.1) is 17.0 Å². The number of aromatic nitrogens is 2. The molecule has 0 radical (unpaired) electrons. The van der Waals surface area contributed by atoms with Crippen molar-refractivity contribution in [1.29, 1.82) is 0 Å². The maximum absolute atomic E-state index is 13.5. The summed E-state index contributed by atoms with van der Waals surface area (Å²) in [6, 6.07) is 5.61. The molecule has 8 heteroatoms. The molecule has 0 unspecified atom stereocenters. The van der Waals surface area contributed by atoms with E-state index in [1.165, 1.54) is 18.5 Å². The summed E-state index contributed by atoms with van der Waals surface area (Å²) in [5.74, 6) is -0.334. The Balaban J connectivity index is 1.40. The maximum atomic E-state index is 13.5. The summed E-state index contributed by atoms with van der Waals surface area (Å²) in [7, 11) is 1.57. The SMILES string of the molecule is COc1cc(N2CCC3(CC2)CC(=O)N(Cc2ccc(F)c(F)c2)C3)ncn1. The zero-order valence-corrected chi connectivity index (χ0v) is 15.7. The van der Waals surface area contributed by atoms with Crippen LogP contribution in [0.4, 0.5) is 14.6 Å². The summed E-state index contributed by atoms with van der Waals surface area (Å²) >= 11 is 0. The number of hydrogen-bond acceptors (Lipinski definition) is 5. The van der Waals surface area contributed by atoms with Gasteiger partial charge in [-0.25, -0.2) is 18.7 Å². The largest absolute Gasteiger partial charge is 0.481 e. The van der Waals surface area contributed by atoms with E-state index >= 15 is 0 Å². The number of piperidine rings is 1. The Bertz CT molecular complexity index is 884. The summed E-state index contributed by atoms with van der Waals surface area (Å²) in [5.41, 5.74) is 0.540. The molecule has 4 rings (SSSR count). The molecule has 28 heavy (non-hydrogen) atoms. The lowest BCUT2D eigenvalue weighted by Crippen LogP contribution is -2.42. The molecule has 0 bridgehead atoms. The third kappa shape index (κ3) is 3.63. The molecule has 2 fully saturated rings. The zero-order chi connectivity index (χ0) is 19.7. The topological polar surface area (TPSA) is 58.6 Å². The maximum Gasteiger partial charge on any atom is 0.223 e. The van der Waals surface area contributed by atoms with Gasteiger partial charge in [0.05, 0.1) is 7.11 Å². The fraction of sp³-hybridized carbons (Fsp3) is 0.450. The molecule has 0 aliphatic carbocycles. The molecule has 6 nitrogen and oxygen atoms in total. The van der Waals surface area contributed by atoms with Gasteiger partial charge in [0.25, 0.3) is 0 Å². The minimum atomic E-state index is -0.882. The number of hydrogen-bond donors (Lipinski definition) is 0. The summed E-state index contributed by atoms with van der Waals surface area (Å²) in [6.45, 7) is 2.55. The molecule has 1 spiro atoms. The second kappa shape index (κ2) is 7.33. The molecular formula is C20H22F2N4O2. The van der Waals surface area contributed by atoms with Gasteiger partial charge in [-0.3, -0.25) is 4.79 Å². The van der Waals surface area contributed by atoms with E-state index in [4.69, 9.17) is 4.74 Å². The van der Waals surface area contributed by atoms with Gasteiger partial charge in [0.1, 0.15) is 12.1 Å². The molecule has 2 saturated heterocycles. The summed E-state index contributed by atoms with van der Waals surface area (Å²) in [6.07, 6.45) is 3.73. The number of benzene rings is 1. The van der Waals surface area contributed by atoms with E-state index in [1.807, 2.05) is 6.07 Å². The van der Waals surface area contributed by atoms with Crippen LogP contribution in [-0.4, -0.2) is 47.5 Å². The molecule has 1 aromatic heterocycles. The lowest BCUT2D eigenvalue weighted by molar-refractivity contribution is -0.128. The van der Waals surface area contributed by atoms with E-state index in [0.717, 1.165) is 37.8 Å². The van der Waals surface area contributed by atoms with Gasteiger partial charge in [0.2, 0.25) is 11.8 Å². The lowest BCUT2D eigenvalue weighted by Gasteiger charge is -2.39. The normalized spacial score (nSPS) is 18.8. The third-order valence-electron chi connectivity index (χ3n) is 5.75. The first-order chi connectivity index (χ1) is 13.5. The van der Waals surface area contributed by atoms with Crippen molar-refractivity contribution in [2.45, 2.75) is 25.8 Å². The van der Waals surface area contributed by atoms with E-state index in [-0.39, 0.29) is 11.3 Å². The number of amides is 1. The third-order valence-corrected chi connectivity index (χ3v) is 5.75. The Morgan fingerprint density at radius 3 is 2.64 bits per heavy atom. The van der Waals surface area contributed by atoms with E-state index in [2.05, 4.69) is 14.9 Å². The Kier molecular flexibility index (Phi) is 4.87. The van der Waals surface area contributed by atoms with Gasteiger partial charge >= 0.3 is 0 Å². The van der Waals surface area contributed by atoms with E-state index in [9.17, 15) is 13.6 Å². The van der Waals surface area contributed by atoms with Crippen LogP contribution in [0.25, 0.3) is 0 Å². The molecule has 0 saturated carbocycles. The van der Waals surface area contributed by atoms with Crippen molar-refractivity contribution in [1.82, 2.24) is 14.9 Å². The minimum absolute atomic E-state index is 0.0662. The van der Waals surface area contributed by atoms with Gasteiger partial charge in [0, 0.05) is 44.1 Å². The first-order valence-electron chi connectivity index (χ1n) is 9.31. The monoisotopic (exact) mass is 388 g/mol. The smallest absolute Gasteiger partial charge is 0.223 e. The molecule has 1 amide bonds. The molecule has 0 N–H and O–H groups in total. The lowest BCUT2D eigenvalue weighted by atomic mass is 9.77. The highest BCUT2D eigenvalue weighted by atomic mass is 19.2. The predicted octanol–water partition coefficient (Wildman–Crippen LogP) is 2.78. The van der Waals surface area contributed by atoms with Crippen LogP contribution in [0.3, 0.4) is 0 Å². The second-order valence-electron chi connectivity index (χ2n) is 7.58. The number of anilines is 1. The van der Waals surface area contributed by atoms with Crippen LogP contribution >= 0.6 is 0 Å². The molecule has 148 valence electrons. The molecule has 2 aromatic rings. The first-order valence-corrected chi connectivity index (χ1v) is 9.31. The number of likely N-dealkylation sites (tertiary alicyclic amines) is 1. The van der Waals surface area contributed by atoms with E-state index in [1.54, 1.807) is 12.0 Å². The molecule has 3 heterocycles. The van der Waals surface area contributed by atoms with Crippen LogP contribution in [-0.2, 0) is 11.3 Å². The van der Waals surface area contributed by atoms with Crippen molar-refractivity contribution in [3.8, 4) is 5.88 Å². The standard InChI is InChI=1S/C20H22F2N4O2/c1-28-18-9-17(23-13-24-18)25-6-4-20(5-7-25)10-19(27)26(12-20)11-14-2-3-15(21)16(22)8-14/h2-3,8-9,13H,4-7,10-12H2,1H3.